The number of aryl methyl sites for hydroxylation is 1. The standard InChI is InChI=1S/C10H15N5O2S/c1-5-6(2)14-15-9(7(5)8(11)18)13-3-4-17-10(12)16/h3-4H2,1-2H3,(H2,11,18)(H2,12,16)(H,13,15). The molecule has 5 N–H and O–H groups in total. The van der Waals surface area contributed by atoms with Crippen LogP contribution in [0.25, 0.3) is 0 Å². The molecule has 0 aliphatic carbocycles. The van der Waals surface area contributed by atoms with Gasteiger partial charge in [-0.2, -0.15) is 5.10 Å². The SMILES string of the molecule is Cc1nnc(NCCOC(N)=O)c(C(N)=S)c1C. The molecule has 7 nitrogen and oxygen atoms in total. The van der Waals surface area contributed by atoms with Gasteiger partial charge >= 0.3 is 6.09 Å². The number of carbonyl (C=O) groups excluding carboxylic acids is 1. The van der Waals surface area contributed by atoms with Crippen molar-refractivity contribution in [2.75, 3.05) is 18.5 Å². The molecule has 0 fully saturated rings. The molecule has 98 valence electrons. The Balaban J connectivity index is 2.79. The quantitative estimate of drug-likeness (QED) is 0.517. The Labute approximate surface area is 110 Å². The van der Waals surface area contributed by atoms with Crippen LogP contribution in [0.3, 0.4) is 0 Å². The van der Waals surface area contributed by atoms with Crippen LogP contribution in [0.4, 0.5) is 10.6 Å². The number of hydrogen-bond acceptors (Lipinski definition) is 6. The first kappa shape index (κ1) is 14.1. The molecule has 0 bridgehead atoms. The number of rotatable bonds is 5. The minimum absolute atomic E-state index is 0.126. The Kier molecular flexibility index (Phi) is 4.78. The molecule has 0 aliphatic heterocycles. The van der Waals surface area contributed by atoms with Crippen molar-refractivity contribution in [1.29, 1.82) is 0 Å². The van der Waals surface area contributed by atoms with Crippen molar-refractivity contribution < 1.29 is 9.53 Å². The minimum atomic E-state index is -0.822. The number of carbonyl (C=O) groups is 1. The first-order valence-electron chi connectivity index (χ1n) is 5.23. The lowest BCUT2D eigenvalue weighted by atomic mass is 10.1. The number of nitrogens with zero attached hydrogens (tertiary/aromatic N) is 2. The average Bonchev–Trinajstić information content (AvgIpc) is 2.28. The third-order valence-corrected chi connectivity index (χ3v) is 2.54. The summed E-state index contributed by atoms with van der Waals surface area (Å²) in [5.74, 6) is 0.471. The molecule has 1 rings (SSSR count). The Bertz CT molecular complexity index is 478. The zero-order valence-electron chi connectivity index (χ0n) is 10.2. The first-order valence-corrected chi connectivity index (χ1v) is 5.64. The van der Waals surface area contributed by atoms with E-state index in [1.807, 2.05) is 13.8 Å². The predicted molar refractivity (Wildman–Crippen MR) is 71.4 cm³/mol. The normalized spacial score (nSPS) is 9.89. The maximum Gasteiger partial charge on any atom is 0.404 e. The molecule has 0 saturated heterocycles. The molecule has 1 heterocycles. The second-order valence-corrected chi connectivity index (χ2v) is 4.03. The van der Waals surface area contributed by atoms with E-state index in [1.54, 1.807) is 0 Å². The molecule has 0 radical (unpaired) electrons. The average molecular weight is 269 g/mol. The molecule has 1 aromatic rings. The van der Waals surface area contributed by atoms with E-state index in [0.717, 1.165) is 11.3 Å². The molecular formula is C10H15N5O2S. The van der Waals surface area contributed by atoms with E-state index in [1.165, 1.54) is 0 Å². The van der Waals surface area contributed by atoms with Crippen LogP contribution in [-0.2, 0) is 4.74 Å². The third-order valence-electron chi connectivity index (χ3n) is 2.34. The summed E-state index contributed by atoms with van der Waals surface area (Å²) in [6.45, 7) is 4.16. The summed E-state index contributed by atoms with van der Waals surface area (Å²) < 4.78 is 4.58. The second kappa shape index (κ2) is 6.10. The highest BCUT2D eigenvalue weighted by atomic mass is 32.1. The molecule has 18 heavy (non-hydrogen) atoms. The first-order chi connectivity index (χ1) is 8.43. The van der Waals surface area contributed by atoms with E-state index in [4.69, 9.17) is 23.7 Å². The summed E-state index contributed by atoms with van der Waals surface area (Å²) in [7, 11) is 0. The van der Waals surface area contributed by atoms with E-state index >= 15 is 0 Å². The highest BCUT2D eigenvalue weighted by Crippen LogP contribution is 2.17. The second-order valence-electron chi connectivity index (χ2n) is 3.59. The van der Waals surface area contributed by atoms with Gasteiger partial charge in [-0.25, -0.2) is 4.79 Å². The van der Waals surface area contributed by atoms with Gasteiger partial charge in [0.25, 0.3) is 0 Å². The fourth-order valence-corrected chi connectivity index (χ4v) is 1.60. The monoisotopic (exact) mass is 269 g/mol. The van der Waals surface area contributed by atoms with Gasteiger partial charge in [-0.15, -0.1) is 5.10 Å². The van der Waals surface area contributed by atoms with Crippen molar-refractivity contribution in [3.05, 3.63) is 16.8 Å². The molecular weight excluding hydrogens is 254 g/mol. The van der Waals surface area contributed by atoms with Crippen LogP contribution >= 0.6 is 12.2 Å². The molecule has 1 amide bonds. The van der Waals surface area contributed by atoms with Crippen LogP contribution in [0.5, 0.6) is 0 Å². The molecule has 0 aromatic carbocycles. The zero-order valence-corrected chi connectivity index (χ0v) is 11.0. The van der Waals surface area contributed by atoms with Gasteiger partial charge in [-0.05, 0) is 19.4 Å². The summed E-state index contributed by atoms with van der Waals surface area (Å²) in [6.07, 6.45) is -0.822. The number of nitrogens with two attached hydrogens (primary N) is 2. The number of ether oxygens (including phenoxy) is 1. The van der Waals surface area contributed by atoms with E-state index in [2.05, 4.69) is 20.3 Å². The van der Waals surface area contributed by atoms with Gasteiger partial charge in [0.1, 0.15) is 11.6 Å². The Morgan fingerprint density at radius 3 is 2.61 bits per heavy atom. The fraction of sp³-hybridized carbons (Fsp3) is 0.400. The number of hydrogen-bond donors (Lipinski definition) is 3. The van der Waals surface area contributed by atoms with Gasteiger partial charge < -0.3 is 21.5 Å². The summed E-state index contributed by atoms with van der Waals surface area (Å²) in [4.78, 5) is 10.6. The van der Waals surface area contributed by atoms with Crippen LogP contribution in [-0.4, -0.2) is 34.4 Å². The minimum Gasteiger partial charge on any atom is -0.448 e. The lowest BCUT2D eigenvalue weighted by Crippen LogP contribution is -2.22. The van der Waals surface area contributed by atoms with Crippen LogP contribution < -0.4 is 16.8 Å². The number of amides is 1. The van der Waals surface area contributed by atoms with Gasteiger partial charge in [-0.1, -0.05) is 12.2 Å². The van der Waals surface area contributed by atoms with E-state index in [9.17, 15) is 4.79 Å². The van der Waals surface area contributed by atoms with Crippen molar-refractivity contribution in [2.24, 2.45) is 11.5 Å². The van der Waals surface area contributed by atoms with E-state index in [-0.39, 0.29) is 11.6 Å². The lowest BCUT2D eigenvalue weighted by molar-refractivity contribution is 0.161. The molecule has 0 aliphatic rings. The largest absolute Gasteiger partial charge is 0.448 e. The fourth-order valence-electron chi connectivity index (χ4n) is 1.35. The molecule has 0 unspecified atom stereocenters. The van der Waals surface area contributed by atoms with E-state index < -0.39 is 6.09 Å². The van der Waals surface area contributed by atoms with Gasteiger partial charge in [0, 0.05) is 0 Å². The van der Waals surface area contributed by atoms with Gasteiger partial charge in [0.2, 0.25) is 0 Å². The molecule has 0 atom stereocenters. The smallest absolute Gasteiger partial charge is 0.404 e. The third kappa shape index (κ3) is 3.52. The van der Waals surface area contributed by atoms with Crippen molar-refractivity contribution in [1.82, 2.24) is 10.2 Å². The number of aromatic nitrogens is 2. The Morgan fingerprint density at radius 2 is 2.06 bits per heavy atom. The number of anilines is 1. The van der Waals surface area contributed by atoms with Gasteiger partial charge in [-0.3, -0.25) is 0 Å². The van der Waals surface area contributed by atoms with Crippen LogP contribution in [0.1, 0.15) is 16.8 Å². The highest BCUT2D eigenvalue weighted by molar-refractivity contribution is 7.80. The van der Waals surface area contributed by atoms with Crippen molar-refractivity contribution in [3.8, 4) is 0 Å². The van der Waals surface area contributed by atoms with Crippen LogP contribution in [0.2, 0.25) is 0 Å². The highest BCUT2D eigenvalue weighted by Gasteiger charge is 2.13. The summed E-state index contributed by atoms with van der Waals surface area (Å²) in [6, 6.07) is 0. The Hall–Kier alpha value is -1.96. The predicted octanol–water partition coefficient (Wildman–Crippen LogP) is 0.235. The van der Waals surface area contributed by atoms with Crippen molar-refractivity contribution in [2.45, 2.75) is 13.8 Å². The van der Waals surface area contributed by atoms with Gasteiger partial charge in [0.05, 0.1) is 17.8 Å². The molecule has 1 aromatic heterocycles. The maximum absolute atomic E-state index is 10.4. The molecule has 8 heteroatoms. The number of nitrogens with one attached hydrogen (secondary N) is 1. The zero-order chi connectivity index (χ0) is 13.7. The van der Waals surface area contributed by atoms with Crippen LogP contribution in [0, 0.1) is 13.8 Å². The summed E-state index contributed by atoms with van der Waals surface area (Å²) >= 11 is 4.98. The Morgan fingerprint density at radius 1 is 1.39 bits per heavy atom. The lowest BCUT2D eigenvalue weighted by Gasteiger charge is -2.12. The number of thiocarbonyl (C=S) groups is 1. The summed E-state index contributed by atoms with van der Waals surface area (Å²) in [5, 5.41) is 10.9. The molecule has 0 saturated carbocycles. The molecule has 0 spiro atoms. The summed E-state index contributed by atoms with van der Waals surface area (Å²) in [5.41, 5.74) is 12.8. The topological polar surface area (TPSA) is 116 Å². The van der Waals surface area contributed by atoms with Crippen LogP contribution in [0.15, 0.2) is 0 Å². The van der Waals surface area contributed by atoms with Crippen molar-refractivity contribution >= 4 is 29.1 Å². The maximum atomic E-state index is 10.4. The number of primary amides is 1. The van der Waals surface area contributed by atoms with E-state index in [0.29, 0.717) is 17.9 Å². The van der Waals surface area contributed by atoms with Crippen molar-refractivity contribution in [3.63, 3.8) is 0 Å². The van der Waals surface area contributed by atoms with Gasteiger partial charge in [0.15, 0.2) is 5.82 Å².